The highest BCUT2D eigenvalue weighted by atomic mass is 16.6. The predicted molar refractivity (Wildman–Crippen MR) is 91.6 cm³/mol. The molecule has 23 heavy (non-hydrogen) atoms. The van der Waals surface area contributed by atoms with Crippen LogP contribution in [0.5, 0.6) is 0 Å². The molecule has 0 aliphatic carbocycles. The predicted octanol–water partition coefficient (Wildman–Crippen LogP) is 2.47. The first kappa shape index (κ1) is 17.5. The average molecular weight is 320 g/mol. The topological polar surface area (TPSA) is 71.7 Å². The van der Waals surface area contributed by atoms with Crippen LogP contribution in [0.15, 0.2) is 12.1 Å². The van der Waals surface area contributed by atoms with E-state index < -0.39 is 5.60 Å². The second-order valence-corrected chi connectivity index (χ2v) is 7.09. The number of amides is 1. The highest BCUT2D eigenvalue weighted by Crippen LogP contribution is 2.20. The first-order chi connectivity index (χ1) is 10.7. The first-order valence-corrected chi connectivity index (χ1v) is 8.13. The molecule has 1 fully saturated rings. The van der Waals surface area contributed by atoms with E-state index >= 15 is 0 Å². The van der Waals surface area contributed by atoms with Gasteiger partial charge in [-0.2, -0.15) is 0 Å². The van der Waals surface area contributed by atoms with Gasteiger partial charge in [0.2, 0.25) is 0 Å². The van der Waals surface area contributed by atoms with Crippen molar-refractivity contribution in [2.24, 2.45) is 5.73 Å². The molecule has 0 bridgehead atoms. The minimum absolute atomic E-state index is 0.0134. The van der Waals surface area contributed by atoms with Crippen molar-refractivity contribution < 1.29 is 9.53 Å². The molecule has 2 heterocycles. The smallest absolute Gasteiger partial charge is 0.410 e. The van der Waals surface area contributed by atoms with Crippen molar-refractivity contribution in [3.63, 3.8) is 0 Å². The van der Waals surface area contributed by atoms with Crippen LogP contribution in [-0.4, -0.2) is 47.8 Å². The standard InChI is InChI=1S/C17H28N4O2/c1-12(18)14-6-7-15(19-13(14)2)20-8-10-21(11-9-20)16(22)23-17(3,4)5/h6-7,12H,8-11,18H2,1-5H3/t12-/m0/s1. The van der Waals surface area contributed by atoms with Crippen molar-refractivity contribution in [2.45, 2.75) is 46.3 Å². The molecule has 1 amide bonds. The summed E-state index contributed by atoms with van der Waals surface area (Å²) in [4.78, 5) is 20.7. The van der Waals surface area contributed by atoms with Crippen LogP contribution in [0.1, 0.15) is 45.0 Å². The molecule has 0 aromatic carbocycles. The van der Waals surface area contributed by atoms with Gasteiger partial charge >= 0.3 is 6.09 Å². The summed E-state index contributed by atoms with van der Waals surface area (Å²) in [6, 6.07) is 4.04. The number of pyridine rings is 1. The van der Waals surface area contributed by atoms with E-state index in [0.717, 1.165) is 30.2 Å². The number of anilines is 1. The zero-order valence-electron chi connectivity index (χ0n) is 14.8. The number of hydrogen-bond acceptors (Lipinski definition) is 5. The number of rotatable bonds is 2. The van der Waals surface area contributed by atoms with Crippen LogP contribution < -0.4 is 10.6 Å². The summed E-state index contributed by atoms with van der Waals surface area (Å²) in [5, 5.41) is 0. The number of nitrogens with two attached hydrogens (primary N) is 1. The van der Waals surface area contributed by atoms with Crippen molar-refractivity contribution in [2.75, 3.05) is 31.1 Å². The van der Waals surface area contributed by atoms with E-state index in [0.29, 0.717) is 13.1 Å². The molecule has 0 unspecified atom stereocenters. The van der Waals surface area contributed by atoms with Gasteiger partial charge in [0.1, 0.15) is 11.4 Å². The average Bonchev–Trinajstić information content (AvgIpc) is 2.45. The molecule has 0 spiro atoms. The second-order valence-electron chi connectivity index (χ2n) is 7.09. The molecule has 1 aromatic heterocycles. The Morgan fingerprint density at radius 2 is 1.87 bits per heavy atom. The zero-order chi connectivity index (χ0) is 17.2. The molecule has 1 atom stereocenters. The number of aromatic nitrogens is 1. The molecule has 2 N–H and O–H groups in total. The number of carbonyl (C=O) groups excluding carboxylic acids is 1. The second kappa shape index (κ2) is 6.74. The molecule has 6 nitrogen and oxygen atoms in total. The van der Waals surface area contributed by atoms with E-state index in [-0.39, 0.29) is 12.1 Å². The van der Waals surface area contributed by atoms with Crippen LogP contribution in [0.4, 0.5) is 10.6 Å². The molecular weight excluding hydrogens is 292 g/mol. The fourth-order valence-corrected chi connectivity index (χ4v) is 2.66. The summed E-state index contributed by atoms with van der Waals surface area (Å²) in [6.07, 6.45) is -0.242. The van der Waals surface area contributed by atoms with E-state index in [1.165, 1.54) is 0 Å². The van der Waals surface area contributed by atoms with Crippen molar-refractivity contribution in [3.8, 4) is 0 Å². The Labute approximate surface area is 138 Å². The Morgan fingerprint density at radius 1 is 1.26 bits per heavy atom. The Hall–Kier alpha value is -1.82. The van der Waals surface area contributed by atoms with Gasteiger partial charge in [-0.25, -0.2) is 9.78 Å². The van der Waals surface area contributed by atoms with Gasteiger partial charge < -0.3 is 20.3 Å². The monoisotopic (exact) mass is 320 g/mol. The molecule has 6 heteroatoms. The fraction of sp³-hybridized carbons (Fsp3) is 0.647. The summed E-state index contributed by atoms with van der Waals surface area (Å²) in [5.41, 5.74) is 7.51. The maximum atomic E-state index is 12.1. The summed E-state index contributed by atoms with van der Waals surface area (Å²) in [6.45, 7) is 12.4. The van der Waals surface area contributed by atoms with Crippen molar-refractivity contribution >= 4 is 11.9 Å². The van der Waals surface area contributed by atoms with Gasteiger partial charge in [0, 0.05) is 37.9 Å². The first-order valence-electron chi connectivity index (χ1n) is 8.13. The zero-order valence-corrected chi connectivity index (χ0v) is 14.8. The van der Waals surface area contributed by atoms with Crippen LogP contribution in [0.2, 0.25) is 0 Å². The van der Waals surface area contributed by atoms with Crippen LogP contribution in [0.3, 0.4) is 0 Å². The van der Waals surface area contributed by atoms with Crippen molar-refractivity contribution in [1.29, 1.82) is 0 Å². The number of nitrogens with zero attached hydrogens (tertiary/aromatic N) is 3. The summed E-state index contributed by atoms with van der Waals surface area (Å²) in [7, 11) is 0. The Balaban J connectivity index is 1.97. The van der Waals surface area contributed by atoms with E-state index in [2.05, 4.69) is 9.88 Å². The maximum absolute atomic E-state index is 12.1. The molecule has 2 rings (SSSR count). The summed E-state index contributed by atoms with van der Waals surface area (Å²) < 4.78 is 5.42. The van der Waals surface area contributed by atoms with Crippen molar-refractivity contribution in [1.82, 2.24) is 9.88 Å². The lowest BCUT2D eigenvalue weighted by molar-refractivity contribution is 0.0240. The molecule has 0 saturated carbocycles. The van der Waals surface area contributed by atoms with E-state index in [1.54, 1.807) is 4.90 Å². The highest BCUT2D eigenvalue weighted by molar-refractivity contribution is 5.68. The Morgan fingerprint density at radius 3 is 2.35 bits per heavy atom. The quantitative estimate of drug-likeness (QED) is 0.906. The number of carbonyl (C=O) groups is 1. The normalized spacial score (nSPS) is 17.1. The van der Waals surface area contributed by atoms with Gasteiger partial charge in [-0.15, -0.1) is 0 Å². The minimum atomic E-state index is -0.457. The fourth-order valence-electron chi connectivity index (χ4n) is 2.66. The third-order valence-corrected chi connectivity index (χ3v) is 3.86. The molecular formula is C17H28N4O2. The molecule has 1 aliphatic heterocycles. The third-order valence-electron chi connectivity index (χ3n) is 3.86. The molecule has 1 saturated heterocycles. The Kier molecular flexibility index (Phi) is 5.14. The molecule has 1 aliphatic rings. The third kappa shape index (κ3) is 4.58. The van der Waals surface area contributed by atoms with Crippen LogP contribution in [-0.2, 0) is 4.74 Å². The van der Waals surface area contributed by atoms with Gasteiger partial charge in [-0.1, -0.05) is 6.07 Å². The lowest BCUT2D eigenvalue weighted by Gasteiger charge is -2.36. The highest BCUT2D eigenvalue weighted by Gasteiger charge is 2.26. The van der Waals surface area contributed by atoms with Gasteiger partial charge in [0.05, 0.1) is 0 Å². The van der Waals surface area contributed by atoms with Crippen LogP contribution in [0, 0.1) is 6.92 Å². The van der Waals surface area contributed by atoms with E-state index in [9.17, 15) is 4.79 Å². The number of aryl methyl sites for hydroxylation is 1. The van der Waals surface area contributed by atoms with Gasteiger partial charge in [-0.3, -0.25) is 0 Å². The lowest BCUT2D eigenvalue weighted by atomic mass is 10.1. The van der Waals surface area contributed by atoms with Crippen LogP contribution in [0.25, 0.3) is 0 Å². The molecule has 0 radical (unpaired) electrons. The number of ether oxygens (including phenoxy) is 1. The lowest BCUT2D eigenvalue weighted by Crippen LogP contribution is -2.50. The number of piperazine rings is 1. The van der Waals surface area contributed by atoms with Gasteiger partial charge in [0.25, 0.3) is 0 Å². The van der Waals surface area contributed by atoms with Gasteiger partial charge in [-0.05, 0) is 46.2 Å². The summed E-state index contributed by atoms with van der Waals surface area (Å²) in [5.74, 6) is 0.940. The largest absolute Gasteiger partial charge is 0.444 e. The van der Waals surface area contributed by atoms with Crippen molar-refractivity contribution in [3.05, 3.63) is 23.4 Å². The van der Waals surface area contributed by atoms with Crippen LogP contribution >= 0.6 is 0 Å². The maximum Gasteiger partial charge on any atom is 0.410 e. The molecule has 1 aromatic rings. The van der Waals surface area contributed by atoms with Gasteiger partial charge in [0.15, 0.2) is 0 Å². The Bertz CT molecular complexity index is 558. The van der Waals surface area contributed by atoms with E-state index in [1.807, 2.05) is 46.8 Å². The van der Waals surface area contributed by atoms with E-state index in [4.69, 9.17) is 10.5 Å². The molecule has 128 valence electrons. The SMILES string of the molecule is Cc1nc(N2CCN(C(=O)OC(C)(C)C)CC2)ccc1[C@H](C)N. The number of hydrogen-bond donors (Lipinski definition) is 1. The minimum Gasteiger partial charge on any atom is -0.444 e. The summed E-state index contributed by atoms with van der Waals surface area (Å²) >= 11 is 0.